The molecule has 0 fully saturated rings. The van der Waals surface area contributed by atoms with Crippen LogP contribution in [0.5, 0.6) is 0 Å². The van der Waals surface area contributed by atoms with Crippen molar-refractivity contribution in [3.63, 3.8) is 0 Å². The Morgan fingerprint density at radius 3 is 2.16 bits per heavy atom. The topological polar surface area (TPSA) is 165 Å². The summed E-state index contributed by atoms with van der Waals surface area (Å²) >= 11 is 1.27. The van der Waals surface area contributed by atoms with Gasteiger partial charge in [0.15, 0.2) is 10.9 Å². The maximum Gasteiger partial charge on any atom is 0.294 e. The molecule has 0 spiro atoms. The van der Waals surface area contributed by atoms with E-state index >= 15 is 0 Å². The number of amidine groups is 1. The van der Waals surface area contributed by atoms with Crippen molar-refractivity contribution < 1.29 is 30.5 Å². The summed E-state index contributed by atoms with van der Waals surface area (Å²) in [6, 6.07) is 9.31. The maximum atomic E-state index is 11.9. The number of hydrogen-bond donors (Lipinski definition) is 4. The first-order chi connectivity index (χ1) is 20.4. The molecular formula is C31H39N4O6S3+. The molecule has 0 unspecified atom stereocenters. The molecule has 2 heterocycles. The van der Waals surface area contributed by atoms with Gasteiger partial charge in [-0.05, 0) is 62.7 Å². The molecule has 0 atom stereocenters. The fraction of sp³-hybridized carbons (Fsp3) is 0.355. The standard InChI is InChI=1S/C31H38N4O6S3/c1-6-34-25-15-13-21(43(36,37)38)19-23(25)30(2,3)27(34)11-8-7-9-12-28-31(4,5)24-20-22(44(39,40)41)14-16-26(24)35(28)17-10-18-42-29(32)33/h7-9,11-16,19-20H,6,10,17-18H2,1-5H3,(H4-,32,33,36,37,38,39,40,41)/p+1. The zero-order chi connectivity index (χ0) is 32.7. The van der Waals surface area contributed by atoms with Gasteiger partial charge >= 0.3 is 0 Å². The zero-order valence-electron chi connectivity index (χ0n) is 25.4. The van der Waals surface area contributed by atoms with Gasteiger partial charge in [-0.1, -0.05) is 43.8 Å². The smallest absolute Gasteiger partial charge is 0.294 e. The van der Waals surface area contributed by atoms with Crippen LogP contribution in [0.1, 0.15) is 52.2 Å². The van der Waals surface area contributed by atoms with Gasteiger partial charge in [-0.15, -0.1) is 0 Å². The Morgan fingerprint density at radius 1 is 0.955 bits per heavy atom. The summed E-state index contributed by atoms with van der Waals surface area (Å²) in [5, 5.41) is 7.54. The number of likely N-dealkylation sites (N-methyl/N-ethyl adjacent to an activating group) is 1. The van der Waals surface area contributed by atoms with E-state index in [4.69, 9.17) is 11.1 Å². The molecule has 0 aliphatic carbocycles. The quantitative estimate of drug-likeness (QED) is 0.0654. The van der Waals surface area contributed by atoms with Crippen molar-refractivity contribution in [2.24, 2.45) is 5.73 Å². The van der Waals surface area contributed by atoms with Gasteiger partial charge < -0.3 is 10.6 Å². The molecule has 0 bridgehead atoms. The van der Waals surface area contributed by atoms with Crippen LogP contribution < -0.4 is 10.6 Å². The molecule has 0 amide bonds. The summed E-state index contributed by atoms with van der Waals surface area (Å²) in [7, 11) is -8.70. The van der Waals surface area contributed by atoms with Crippen molar-refractivity contribution in [1.82, 2.24) is 0 Å². The van der Waals surface area contributed by atoms with Crippen molar-refractivity contribution in [3.05, 3.63) is 83.6 Å². The summed E-state index contributed by atoms with van der Waals surface area (Å²) in [4.78, 5) is 1.83. The first kappa shape index (κ1) is 33.7. The first-order valence-electron chi connectivity index (χ1n) is 14.1. The van der Waals surface area contributed by atoms with Crippen LogP contribution in [0.15, 0.2) is 82.3 Å². The van der Waals surface area contributed by atoms with Crippen LogP contribution in [0.4, 0.5) is 11.4 Å². The lowest BCUT2D eigenvalue weighted by Gasteiger charge is -2.25. The van der Waals surface area contributed by atoms with Crippen molar-refractivity contribution in [1.29, 1.82) is 5.41 Å². The predicted molar refractivity (Wildman–Crippen MR) is 177 cm³/mol. The van der Waals surface area contributed by atoms with E-state index < -0.39 is 31.1 Å². The number of rotatable bonds is 10. The monoisotopic (exact) mass is 659 g/mol. The third kappa shape index (κ3) is 6.57. The summed E-state index contributed by atoms with van der Waals surface area (Å²) < 4.78 is 68.7. The van der Waals surface area contributed by atoms with Gasteiger partial charge in [-0.2, -0.15) is 21.4 Å². The molecule has 4 rings (SSSR count). The van der Waals surface area contributed by atoms with E-state index in [1.54, 1.807) is 12.1 Å². The minimum absolute atomic E-state index is 0.0577. The van der Waals surface area contributed by atoms with Gasteiger partial charge in [0.05, 0.1) is 15.2 Å². The second-order valence-corrected chi connectivity index (χ2v) is 15.7. The van der Waals surface area contributed by atoms with E-state index in [0.29, 0.717) is 18.8 Å². The number of fused-ring (bicyclic) bond motifs is 2. The lowest BCUT2D eigenvalue weighted by molar-refractivity contribution is -0.437. The van der Waals surface area contributed by atoms with Crippen LogP contribution in [-0.4, -0.2) is 60.2 Å². The SMILES string of the molecule is CCN1\C(=C/C=C/C=C/C2=[N+](CCCSC(=N)N)c3ccc(S(=O)(=O)O)cc3C2(C)C)C(C)(C)c2cc(S(=O)(=O)O)ccc21. The number of thioether (sulfide) groups is 1. The Balaban J connectivity index is 1.66. The molecule has 2 aliphatic rings. The molecule has 0 aromatic heterocycles. The van der Waals surface area contributed by atoms with E-state index in [1.165, 1.54) is 36.0 Å². The van der Waals surface area contributed by atoms with Crippen molar-refractivity contribution >= 4 is 54.3 Å². The number of benzene rings is 2. The van der Waals surface area contributed by atoms with Gasteiger partial charge in [0.1, 0.15) is 6.54 Å². The minimum atomic E-state index is -4.37. The fourth-order valence-electron chi connectivity index (χ4n) is 5.97. The molecule has 2 aromatic rings. The van der Waals surface area contributed by atoms with E-state index in [-0.39, 0.29) is 15.0 Å². The van der Waals surface area contributed by atoms with Gasteiger partial charge in [-0.25, -0.2) is 0 Å². The lowest BCUT2D eigenvalue weighted by atomic mass is 9.81. The van der Waals surface area contributed by atoms with Crippen LogP contribution in [-0.2, 0) is 31.1 Å². The molecular weight excluding hydrogens is 621 g/mol. The highest BCUT2D eigenvalue weighted by Gasteiger charge is 2.45. The highest BCUT2D eigenvalue weighted by Crippen LogP contribution is 2.48. The Kier molecular flexibility index (Phi) is 9.39. The van der Waals surface area contributed by atoms with Crippen LogP contribution in [0.2, 0.25) is 0 Å². The molecule has 236 valence electrons. The highest BCUT2D eigenvalue weighted by atomic mass is 32.2. The predicted octanol–water partition coefficient (Wildman–Crippen LogP) is 5.39. The molecule has 13 heteroatoms. The molecule has 5 N–H and O–H groups in total. The molecule has 2 aromatic carbocycles. The van der Waals surface area contributed by atoms with E-state index in [1.807, 2.05) is 65.0 Å². The summed E-state index contributed by atoms with van der Waals surface area (Å²) in [5.41, 5.74) is 9.70. The van der Waals surface area contributed by atoms with Crippen LogP contribution in [0.25, 0.3) is 0 Å². The van der Waals surface area contributed by atoms with E-state index in [9.17, 15) is 25.9 Å². The van der Waals surface area contributed by atoms with Crippen LogP contribution in [0, 0.1) is 5.41 Å². The largest absolute Gasteiger partial charge is 0.379 e. The first-order valence-corrected chi connectivity index (χ1v) is 18.0. The van der Waals surface area contributed by atoms with E-state index in [2.05, 4.69) is 9.48 Å². The highest BCUT2D eigenvalue weighted by molar-refractivity contribution is 8.13. The maximum absolute atomic E-state index is 11.9. The molecule has 0 saturated carbocycles. The third-order valence-electron chi connectivity index (χ3n) is 8.15. The average Bonchev–Trinajstić information content (AvgIpc) is 3.27. The number of anilines is 1. The van der Waals surface area contributed by atoms with Crippen molar-refractivity contribution in [3.8, 4) is 0 Å². The Labute approximate surface area is 264 Å². The third-order valence-corrected chi connectivity index (χ3v) is 10.7. The molecule has 2 aliphatic heterocycles. The Morgan fingerprint density at radius 2 is 1.57 bits per heavy atom. The second kappa shape index (κ2) is 12.3. The summed E-state index contributed by atoms with van der Waals surface area (Å²) in [5.74, 6) is 0.660. The van der Waals surface area contributed by atoms with Crippen molar-refractivity contribution in [2.75, 3.05) is 23.7 Å². The van der Waals surface area contributed by atoms with Gasteiger partial charge in [0, 0.05) is 53.2 Å². The second-order valence-electron chi connectivity index (χ2n) is 11.7. The molecule has 44 heavy (non-hydrogen) atoms. The van der Waals surface area contributed by atoms with Gasteiger partial charge in [-0.3, -0.25) is 14.5 Å². The molecule has 0 radical (unpaired) electrons. The number of nitrogens with two attached hydrogens (primary N) is 1. The Hall–Kier alpha value is -3.23. The van der Waals surface area contributed by atoms with Crippen LogP contribution in [0.3, 0.4) is 0 Å². The van der Waals surface area contributed by atoms with E-state index in [0.717, 1.165) is 40.3 Å². The number of nitrogens with one attached hydrogen (secondary N) is 1. The number of nitrogens with zero attached hydrogens (tertiary/aromatic N) is 2. The van der Waals surface area contributed by atoms with Gasteiger partial charge in [0.2, 0.25) is 5.69 Å². The fourth-order valence-corrected chi connectivity index (χ4v) is 7.48. The zero-order valence-corrected chi connectivity index (χ0v) is 27.9. The number of hydrogen-bond acceptors (Lipinski definition) is 7. The van der Waals surface area contributed by atoms with Gasteiger partial charge in [0.25, 0.3) is 20.2 Å². The average molecular weight is 660 g/mol. The van der Waals surface area contributed by atoms with Crippen molar-refractivity contribution in [2.45, 2.75) is 61.7 Å². The van der Waals surface area contributed by atoms with Crippen LogP contribution >= 0.6 is 11.8 Å². The summed E-state index contributed by atoms with van der Waals surface area (Å²) in [6.45, 7) is 11.4. The molecule has 10 nitrogen and oxygen atoms in total. The minimum Gasteiger partial charge on any atom is -0.379 e. The Bertz CT molecular complexity index is 1840. The normalized spacial score (nSPS) is 18.5. The lowest BCUT2D eigenvalue weighted by Crippen LogP contribution is -2.28. The molecule has 0 saturated heterocycles. The number of allylic oxidation sites excluding steroid dienone is 6. The summed E-state index contributed by atoms with van der Waals surface area (Å²) in [6.07, 6.45) is 10.5.